The van der Waals surface area contributed by atoms with Gasteiger partial charge in [-0.2, -0.15) is 18.1 Å². The fourth-order valence-electron chi connectivity index (χ4n) is 7.18. The number of likely N-dealkylation sites (tertiary alicyclic amines) is 2. The SMILES string of the molecule is C=C(CN1CC2CC1CO2)C(=O)NCc1cccc([C@H]2/C(=C(\C)N)C(=[NH+]c3ccccc3)N(CC)C(=O)[C@@H]2NC(=O)c2cccc(C(F)(F)F)c2)c1. The maximum atomic E-state index is 14.4. The summed E-state index contributed by atoms with van der Waals surface area (Å²) in [5.74, 6) is -2.05. The Balaban J connectivity index is 1.32. The number of nitrogens with two attached hydrogens (primary N) is 1. The highest BCUT2D eigenvalue weighted by Gasteiger charge is 2.50. The van der Waals surface area contributed by atoms with Crippen molar-refractivity contribution in [3.8, 4) is 0 Å². The summed E-state index contributed by atoms with van der Waals surface area (Å²) in [7, 11) is 0. The van der Waals surface area contributed by atoms with E-state index in [9.17, 15) is 27.6 Å². The number of hydrogen-bond donors (Lipinski definition) is 4. The number of ether oxygens (including phenoxy) is 1. The number of amidine groups is 1. The van der Waals surface area contributed by atoms with Gasteiger partial charge in [-0.3, -0.25) is 14.5 Å². The molecule has 0 aromatic heterocycles. The van der Waals surface area contributed by atoms with E-state index in [0.29, 0.717) is 58.7 Å². The molecule has 3 aliphatic heterocycles. The topological polar surface area (TPSA) is 131 Å². The molecular formula is C39H42F3N6O4+. The van der Waals surface area contributed by atoms with E-state index in [1.54, 1.807) is 26.0 Å². The molecule has 3 heterocycles. The number of halogens is 3. The number of benzene rings is 3. The number of carbonyl (C=O) groups is 3. The lowest BCUT2D eigenvalue weighted by atomic mass is 9.78. The molecule has 0 radical (unpaired) electrons. The first-order valence-corrected chi connectivity index (χ1v) is 17.2. The molecule has 272 valence electrons. The van der Waals surface area contributed by atoms with Gasteiger partial charge >= 0.3 is 12.1 Å². The Hall–Kier alpha value is -5.27. The van der Waals surface area contributed by atoms with Crippen molar-refractivity contribution in [2.75, 3.05) is 26.2 Å². The largest absolute Gasteiger partial charge is 0.416 e. The van der Waals surface area contributed by atoms with Crippen LogP contribution < -0.4 is 21.4 Å². The molecule has 2 unspecified atom stereocenters. The van der Waals surface area contributed by atoms with Crippen LogP contribution in [0.1, 0.15) is 53.2 Å². The molecule has 13 heteroatoms. The number of fused-ring (bicyclic) bond motifs is 2. The molecular weight excluding hydrogens is 673 g/mol. The molecule has 6 rings (SSSR count). The van der Waals surface area contributed by atoms with Gasteiger partial charge in [-0.05, 0) is 61.7 Å². The monoisotopic (exact) mass is 715 g/mol. The summed E-state index contributed by atoms with van der Waals surface area (Å²) in [5.41, 5.74) is 8.70. The Bertz CT molecular complexity index is 1920. The molecule has 10 nitrogen and oxygen atoms in total. The number of allylic oxidation sites excluding steroid dienone is 1. The predicted octanol–water partition coefficient (Wildman–Crippen LogP) is 3.14. The molecule has 3 amide bonds. The third-order valence-electron chi connectivity index (χ3n) is 9.71. The summed E-state index contributed by atoms with van der Waals surface area (Å²) in [4.78, 5) is 48.2. The second-order valence-corrected chi connectivity index (χ2v) is 13.3. The van der Waals surface area contributed by atoms with Crippen LogP contribution in [-0.4, -0.2) is 77.8 Å². The third kappa shape index (κ3) is 7.80. The lowest BCUT2D eigenvalue weighted by Gasteiger charge is -2.36. The number of amides is 3. The van der Waals surface area contributed by atoms with Crippen LogP contribution in [0.2, 0.25) is 0 Å². The minimum Gasteiger partial charge on any atom is -0.402 e. The van der Waals surface area contributed by atoms with E-state index in [1.165, 1.54) is 11.0 Å². The van der Waals surface area contributed by atoms with Gasteiger partial charge in [0.1, 0.15) is 11.7 Å². The fourth-order valence-corrected chi connectivity index (χ4v) is 7.18. The molecule has 4 atom stereocenters. The van der Waals surface area contributed by atoms with Crippen molar-refractivity contribution in [3.63, 3.8) is 0 Å². The third-order valence-corrected chi connectivity index (χ3v) is 9.71. The minimum absolute atomic E-state index is 0.156. The standard InChI is InChI=1S/C39H41F3N6O4/c1-4-48-35(45-29-14-6-5-7-15-29)32(24(3)43)33(34(38(48)51)46-37(50)27-12-9-13-28(17-27)39(40,41)42)26-11-8-10-25(16-26)19-44-36(49)23(2)20-47-21-31-18-30(47)22-52-31/h5-17,30-31,33-34H,2,4,18-22,43H2,1,3H3,(H,44,49)(H,46,50)/p+1/b32-24-,45-35?/t30?,31?,33-,34+/m0/s1. The molecule has 3 saturated heterocycles. The summed E-state index contributed by atoms with van der Waals surface area (Å²) in [6.45, 7) is 9.72. The highest BCUT2D eigenvalue weighted by atomic mass is 19.4. The molecule has 3 aromatic carbocycles. The summed E-state index contributed by atoms with van der Waals surface area (Å²) in [6.07, 6.45) is -3.50. The lowest BCUT2D eigenvalue weighted by Crippen LogP contribution is -2.76. The molecule has 0 aliphatic carbocycles. The molecule has 3 fully saturated rings. The first-order valence-electron chi connectivity index (χ1n) is 17.2. The van der Waals surface area contributed by atoms with Gasteiger partial charge in [0.05, 0.1) is 36.3 Å². The average molecular weight is 716 g/mol. The zero-order valence-electron chi connectivity index (χ0n) is 29.0. The van der Waals surface area contributed by atoms with Crippen molar-refractivity contribution in [3.05, 3.63) is 125 Å². The summed E-state index contributed by atoms with van der Waals surface area (Å²) in [5, 5.41) is 5.70. The number of piperidine rings is 1. The second-order valence-electron chi connectivity index (χ2n) is 13.3. The molecule has 3 aliphatic rings. The van der Waals surface area contributed by atoms with Gasteiger partial charge in [-0.15, -0.1) is 0 Å². The number of rotatable bonds is 10. The van der Waals surface area contributed by atoms with Gasteiger partial charge in [0, 0.05) is 42.5 Å². The maximum absolute atomic E-state index is 14.4. The summed E-state index contributed by atoms with van der Waals surface area (Å²) in [6, 6.07) is 19.5. The van der Waals surface area contributed by atoms with Crippen LogP contribution in [0, 0.1) is 0 Å². The molecule has 5 N–H and O–H groups in total. The highest BCUT2D eigenvalue weighted by Crippen LogP contribution is 2.36. The quantitative estimate of drug-likeness (QED) is 0.239. The number of para-hydroxylation sites is 1. The summed E-state index contributed by atoms with van der Waals surface area (Å²) >= 11 is 0. The van der Waals surface area contributed by atoms with Crippen LogP contribution in [0.3, 0.4) is 0 Å². The van der Waals surface area contributed by atoms with Crippen LogP contribution in [-0.2, 0) is 27.0 Å². The van der Waals surface area contributed by atoms with E-state index in [-0.39, 0.29) is 30.7 Å². The smallest absolute Gasteiger partial charge is 0.402 e. The average Bonchev–Trinajstić information content (AvgIpc) is 3.75. The van der Waals surface area contributed by atoms with E-state index in [0.717, 1.165) is 31.2 Å². The first kappa shape index (κ1) is 36.5. The number of carbonyl (C=O) groups excluding carboxylic acids is 3. The number of nitrogens with zero attached hydrogens (tertiary/aromatic N) is 2. The molecule has 3 aromatic rings. The van der Waals surface area contributed by atoms with Gasteiger partial charge in [0.25, 0.3) is 11.7 Å². The van der Waals surface area contributed by atoms with Gasteiger partial charge in [0.2, 0.25) is 5.91 Å². The number of alkyl halides is 3. The minimum atomic E-state index is -4.66. The Morgan fingerprint density at radius 3 is 2.46 bits per heavy atom. The Kier molecular flexibility index (Phi) is 10.6. The second kappa shape index (κ2) is 15.1. The predicted molar refractivity (Wildman–Crippen MR) is 189 cm³/mol. The molecule has 2 bridgehead atoms. The molecule has 0 saturated carbocycles. The highest BCUT2D eigenvalue weighted by molar-refractivity contribution is 6.13. The van der Waals surface area contributed by atoms with Crippen molar-refractivity contribution in [1.82, 2.24) is 20.4 Å². The zero-order chi connectivity index (χ0) is 37.2. The van der Waals surface area contributed by atoms with Crippen molar-refractivity contribution in [2.45, 2.75) is 57.1 Å². The van der Waals surface area contributed by atoms with Crippen LogP contribution in [0.15, 0.2) is 102 Å². The van der Waals surface area contributed by atoms with Crippen LogP contribution >= 0.6 is 0 Å². The van der Waals surface area contributed by atoms with Gasteiger partial charge in [0.15, 0.2) is 0 Å². The normalized spacial score (nSPS) is 23.5. The molecule has 0 spiro atoms. The van der Waals surface area contributed by atoms with E-state index >= 15 is 0 Å². The van der Waals surface area contributed by atoms with Crippen molar-refractivity contribution < 1.29 is 37.3 Å². The number of likely N-dealkylation sites (N-methyl/N-ethyl adjacent to an activating group) is 1. The van der Waals surface area contributed by atoms with Gasteiger partial charge in [-0.1, -0.05) is 55.1 Å². The van der Waals surface area contributed by atoms with E-state index in [2.05, 4.69) is 27.1 Å². The van der Waals surface area contributed by atoms with Crippen molar-refractivity contribution in [1.29, 1.82) is 0 Å². The number of morpholine rings is 1. The first-order chi connectivity index (χ1) is 24.8. The number of nitrogens with one attached hydrogen (secondary N) is 3. The molecule has 52 heavy (non-hydrogen) atoms. The van der Waals surface area contributed by atoms with E-state index in [4.69, 9.17) is 10.5 Å². The van der Waals surface area contributed by atoms with E-state index < -0.39 is 35.5 Å². The van der Waals surface area contributed by atoms with E-state index in [1.807, 2.05) is 42.5 Å². The Labute approximate surface area is 300 Å². The van der Waals surface area contributed by atoms with Crippen LogP contribution in [0.5, 0.6) is 0 Å². The van der Waals surface area contributed by atoms with Crippen molar-refractivity contribution >= 4 is 29.2 Å². The van der Waals surface area contributed by atoms with Gasteiger partial charge in [-0.25, -0.2) is 9.79 Å². The van der Waals surface area contributed by atoms with Crippen LogP contribution in [0.4, 0.5) is 18.9 Å². The fraction of sp³-hybridized carbons (Fsp3) is 0.333. The van der Waals surface area contributed by atoms with Crippen LogP contribution in [0.25, 0.3) is 0 Å². The van der Waals surface area contributed by atoms with Gasteiger partial charge < -0.3 is 21.1 Å². The van der Waals surface area contributed by atoms with Crippen molar-refractivity contribution in [2.24, 2.45) is 5.73 Å². The Morgan fingerprint density at radius 1 is 1.06 bits per heavy atom. The number of hydrogen-bond acceptors (Lipinski definition) is 6. The Morgan fingerprint density at radius 2 is 1.81 bits per heavy atom. The summed E-state index contributed by atoms with van der Waals surface area (Å²) < 4.78 is 46.3. The maximum Gasteiger partial charge on any atom is 0.416 e. The lowest BCUT2D eigenvalue weighted by molar-refractivity contribution is -0.360. The zero-order valence-corrected chi connectivity index (χ0v) is 29.0.